The van der Waals surface area contributed by atoms with E-state index in [1.807, 2.05) is 4.90 Å². The summed E-state index contributed by atoms with van der Waals surface area (Å²) in [6, 6.07) is 8.45. The summed E-state index contributed by atoms with van der Waals surface area (Å²) in [5.41, 5.74) is 2.52. The fraction of sp³-hybridized carbons (Fsp3) is 0.533. The standard InChI is InChI=1S/C15H22N2O/c1-13-3-5-14(6-4-13)7-8-15(18)17-11-2-9-16-10-12-17/h3-6,16H,2,7-12H2,1H3. The van der Waals surface area contributed by atoms with Crippen LogP contribution in [0.4, 0.5) is 0 Å². The number of amides is 1. The zero-order valence-corrected chi connectivity index (χ0v) is 11.1. The Kier molecular flexibility index (Phi) is 4.76. The van der Waals surface area contributed by atoms with Crippen LogP contribution in [0.15, 0.2) is 24.3 Å². The number of aryl methyl sites for hydroxylation is 2. The van der Waals surface area contributed by atoms with E-state index < -0.39 is 0 Å². The molecule has 2 rings (SSSR count). The van der Waals surface area contributed by atoms with Gasteiger partial charge in [0.2, 0.25) is 5.91 Å². The van der Waals surface area contributed by atoms with Gasteiger partial charge in [-0.05, 0) is 31.9 Å². The highest BCUT2D eigenvalue weighted by Gasteiger charge is 2.14. The van der Waals surface area contributed by atoms with E-state index in [0.29, 0.717) is 12.3 Å². The van der Waals surface area contributed by atoms with E-state index in [1.165, 1.54) is 11.1 Å². The molecule has 3 nitrogen and oxygen atoms in total. The smallest absolute Gasteiger partial charge is 0.222 e. The molecular weight excluding hydrogens is 224 g/mol. The summed E-state index contributed by atoms with van der Waals surface area (Å²) in [6.07, 6.45) is 2.54. The molecule has 1 aromatic carbocycles. The minimum absolute atomic E-state index is 0.291. The number of benzene rings is 1. The van der Waals surface area contributed by atoms with Crippen LogP contribution in [0.5, 0.6) is 0 Å². The summed E-state index contributed by atoms with van der Waals surface area (Å²) in [5, 5.41) is 3.32. The Morgan fingerprint density at radius 2 is 2.00 bits per heavy atom. The Labute approximate surface area is 109 Å². The minimum atomic E-state index is 0.291. The Hall–Kier alpha value is -1.35. The van der Waals surface area contributed by atoms with Crippen molar-refractivity contribution in [1.29, 1.82) is 0 Å². The van der Waals surface area contributed by atoms with Gasteiger partial charge in [0.25, 0.3) is 0 Å². The molecule has 1 heterocycles. The fourth-order valence-electron chi connectivity index (χ4n) is 2.26. The van der Waals surface area contributed by atoms with Crippen molar-refractivity contribution in [2.24, 2.45) is 0 Å². The lowest BCUT2D eigenvalue weighted by Gasteiger charge is -2.19. The monoisotopic (exact) mass is 246 g/mol. The normalized spacial score (nSPS) is 16.4. The Morgan fingerprint density at radius 1 is 1.22 bits per heavy atom. The maximum Gasteiger partial charge on any atom is 0.222 e. The van der Waals surface area contributed by atoms with Crippen LogP contribution in [-0.2, 0) is 11.2 Å². The zero-order valence-electron chi connectivity index (χ0n) is 11.1. The van der Waals surface area contributed by atoms with E-state index in [-0.39, 0.29) is 0 Å². The third-order valence-corrected chi connectivity index (χ3v) is 3.44. The number of nitrogens with one attached hydrogen (secondary N) is 1. The molecule has 0 spiro atoms. The van der Waals surface area contributed by atoms with Gasteiger partial charge in [-0.25, -0.2) is 0 Å². The molecule has 1 amide bonds. The molecule has 18 heavy (non-hydrogen) atoms. The van der Waals surface area contributed by atoms with E-state index in [0.717, 1.165) is 39.0 Å². The van der Waals surface area contributed by atoms with Crippen LogP contribution in [-0.4, -0.2) is 37.0 Å². The Bertz CT molecular complexity index is 378. The molecule has 0 radical (unpaired) electrons. The largest absolute Gasteiger partial charge is 0.341 e. The molecule has 1 fully saturated rings. The molecule has 3 heteroatoms. The molecule has 0 unspecified atom stereocenters. The van der Waals surface area contributed by atoms with Crippen molar-refractivity contribution >= 4 is 5.91 Å². The number of nitrogens with zero attached hydrogens (tertiary/aromatic N) is 1. The molecule has 1 N–H and O–H groups in total. The molecule has 1 aromatic rings. The SMILES string of the molecule is Cc1ccc(CCC(=O)N2CCCNCC2)cc1. The fourth-order valence-corrected chi connectivity index (χ4v) is 2.26. The number of hydrogen-bond donors (Lipinski definition) is 1. The zero-order chi connectivity index (χ0) is 12.8. The Morgan fingerprint density at radius 3 is 2.78 bits per heavy atom. The highest BCUT2D eigenvalue weighted by molar-refractivity contribution is 5.76. The van der Waals surface area contributed by atoms with Gasteiger partial charge < -0.3 is 10.2 Å². The van der Waals surface area contributed by atoms with Gasteiger partial charge >= 0.3 is 0 Å². The number of rotatable bonds is 3. The summed E-state index contributed by atoms with van der Waals surface area (Å²) in [7, 11) is 0. The first kappa shape index (κ1) is 13.1. The number of carbonyl (C=O) groups excluding carboxylic acids is 1. The van der Waals surface area contributed by atoms with Crippen molar-refractivity contribution in [3.63, 3.8) is 0 Å². The predicted molar refractivity (Wildman–Crippen MR) is 73.6 cm³/mol. The molecule has 1 saturated heterocycles. The lowest BCUT2D eigenvalue weighted by atomic mass is 10.1. The van der Waals surface area contributed by atoms with Gasteiger partial charge in [-0.15, -0.1) is 0 Å². The molecule has 0 saturated carbocycles. The average Bonchev–Trinajstić information content (AvgIpc) is 2.66. The second-order valence-corrected chi connectivity index (χ2v) is 4.97. The topological polar surface area (TPSA) is 32.3 Å². The van der Waals surface area contributed by atoms with Gasteiger partial charge in [-0.3, -0.25) is 4.79 Å². The Balaban J connectivity index is 1.81. The van der Waals surface area contributed by atoms with Gasteiger partial charge in [-0.2, -0.15) is 0 Å². The highest BCUT2D eigenvalue weighted by Crippen LogP contribution is 2.08. The van der Waals surface area contributed by atoms with Crippen LogP contribution in [0, 0.1) is 6.92 Å². The maximum absolute atomic E-state index is 12.1. The summed E-state index contributed by atoms with van der Waals surface area (Å²) >= 11 is 0. The second-order valence-electron chi connectivity index (χ2n) is 4.97. The average molecular weight is 246 g/mol. The second kappa shape index (κ2) is 6.55. The highest BCUT2D eigenvalue weighted by atomic mass is 16.2. The van der Waals surface area contributed by atoms with Gasteiger partial charge in [0.15, 0.2) is 0 Å². The molecular formula is C15H22N2O. The quantitative estimate of drug-likeness (QED) is 0.881. The van der Waals surface area contributed by atoms with E-state index in [9.17, 15) is 4.79 Å². The summed E-state index contributed by atoms with van der Waals surface area (Å²) in [5.74, 6) is 0.291. The summed E-state index contributed by atoms with van der Waals surface area (Å²) in [6.45, 7) is 5.80. The molecule has 0 bridgehead atoms. The maximum atomic E-state index is 12.1. The van der Waals surface area contributed by atoms with Crippen molar-refractivity contribution in [3.05, 3.63) is 35.4 Å². The van der Waals surface area contributed by atoms with Gasteiger partial charge in [0.1, 0.15) is 0 Å². The van der Waals surface area contributed by atoms with Gasteiger partial charge in [-0.1, -0.05) is 29.8 Å². The number of hydrogen-bond acceptors (Lipinski definition) is 2. The van der Waals surface area contributed by atoms with Crippen molar-refractivity contribution in [3.8, 4) is 0 Å². The summed E-state index contributed by atoms with van der Waals surface area (Å²) in [4.78, 5) is 14.1. The first-order valence-electron chi connectivity index (χ1n) is 6.80. The van der Waals surface area contributed by atoms with Crippen LogP contribution >= 0.6 is 0 Å². The predicted octanol–water partition coefficient (Wildman–Crippen LogP) is 1.75. The van der Waals surface area contributed by atoms with Crippen LogP contribution in [0.2, 0.25) is 0 Å². The molecule has 98 valence electrons. The molecule has 1 aliphatic rings. The molecule has 0 aromatic heterocycles. The van der Waals surface area contributed by atoms with E-state index >= 15 is 0 Å². The minimum Gasteiger partial charge on any atom is -0.341 e. The third-order valence-electron chi connectivity index (χ3n) is 3.44. The van der Waals surface area contributed by atoms with Gasteiger partial charge in [0, 0.05) is 26.1 Å². The molecule has 0 atom stereocenters. The van der Waals surface area contributed by atoms with E-state index in [2.05, 4.69) is 36.5 Å². The first-order valence-corrected chi connectivity index (χ1v) is 6.80. The van der Waals surface area contributed by atoms with Gasteiger partial charge in [0.05, 0.1) is 0 Å². The van der Waals surface area contributed by atoms with Crippen molar-refractivity contribution in [2.75, 3.05) is 26.2 Å². The van der Waals surface area contributed by atoms with E-state index in [1.54, 1.807) is 0 Å². The van der Waals surface area contributed by atoms with E-state index in [4.69, 9.17) is 0 Å². The molecule has 0 aliphatic carbocycles. The first-order chi connectivity index (χ1) is 8.75. The third kappa shape index (κ3) is 3.84. The van der Waals surface area contributed by atoms with Crippen molar-refractivity contribution in [1.82, 2.24) is 10.2 Å². The van der Waals surface area contributed by atoms with Crippen LogP contribution in [0.3, 0.4) is 0 Å². The van der Waals surface area contributed by atoms with Crippen molar-refractivity contribution in [2.45, 2.75) is 26.2 Å². The lowest BCUT2D eigenvalue weighted by Crippen LogP contribution is -2.34. The van der Waals surface area contributed by atoms with Crippen LogP contribution in [0.1, 0.15) is 24.0 Å². The van der Waals surface area contributed by atoms with Crippen molar-refractivity contribution < 1.29 is 4.79 Å². The summed E-state index contributed by atoms with van der Waals surface area (Å²) < 4.78 is 0. The lowest BCUT2D eigenvalue weighted by molar-refractivity contribution is -0.130. The molecule has 1 aliphatic heterocycles. The van der Waals surface area contributed by atoms with Crippen LogP contribution in [0.25, 0.3) is 0 Å². The van der Waals surface area contributed by atoms with Crippen LogP contribution < -0.4 is 5.32 Å². The number of carbonyl (C=O) groups is 1.